The van der Waals surface area contributed by atoms with Crippen LogP contribution in [0.5, 0.6) is 5.75 Å². The zero-order valence-electron chi connectivity index (χ0n) is 14.3. The van der Waals surface area contributed by atoms with Gasteiger partial charge in [0.2, 0.25) is 0 Å². The van der Waals surface area contributed by atoms with Crippen LogP contribution in [0.25, 0.3) is 0 Å². The molecule has 0 saturated carbocycles. The summed E-state index contributed by atoms with van der Waals surface area (Å²) in [6.07, 6.45) is 0. The van der Waals surface area contributed by atoms with E-state index in [1.807, 2.05) is 23.9 Å². The van der Waals surface area contributed by atoms with Crippen molar-refractivity contribution in [2.75, 3.05) is 7.11 Å². The van der Waals surface area contributed by atoms with E-state index in [2.05, 4.69) is 60.7 Å². The fourth-order valence-electron chi connectivity index (χ4n) is 3.98. The molecule has 2 nitrogen and oxygen atoms in total. The van der Waals surface area contributed by atoms with Crippen molar-refractivity contribution in [1.29, 1.82) is 0 Å². The predicted octanol–water partition coefficient (Wildman–Crippen LogP) is 5.38. The Morgan fingerprint density at radius 1 is 0.808 bits per heavy atom. The molecule has 3 aromatic carbocycles. The molecule has 0 radical (unpaired) electrons. The van der Waals surface area contributed by atoms with Crippen LogP contribution in [0, 0.1) is 0 Å². The highest BCUT2D eigenvalue weighted by Crippen LogP contribution is 2.59. The van der Waals surface area contributed by atoms with Crippen LogP contribution >= 0.6 is 11.8 Å². The summed E-state index contributed by atoms with van der Waals surface area (Å²) in [6, 6.07) is 25.0. The molecule has 6 rings (SSSR count). The molecule has 3 aromatic rings. The highest BCUT2D eigenvalue weighted by Gasteiger charge is 2.44. The second-order valence-corrected chi connectivity index (χ2v) is 9.70. The third kappa shape index (κ3) is 2.36. The van der Waals surface area contributed by atoms with Crippen molar-refractivity contribution in [3.8, 4) is 5.75 Å². The monoisotopic (exact) mass is 378 g/mol. The summed E-state index contributed by atoms with van der Waals surface area (Å²) in [7, 11) is 0.616. The molecule has 130 valence electrons. The van der Waals surface area contributed by atoms with Crippen molar-refractivity contribution in [3.63, 3.8) is 0 Å². The van der Waals surface area contributed by atoms with Crippen molar-refractivity contribution in [1.82, 2.24) is 0 Å². The van der Waals surface area contributed by atoms with E-state index in [0.29, 0.717) is 0 Å². The molecule has 2 bridgehead atoms. The smallest absolute Gasteiger partial charge is 0.118 e. The number of thioether (sulfide) groups is 1. The number of benzene rings is 3. The van der Waals surface area contributed by atoms with Gasteiger partial charge in [0.1, 0.15) is 10.3 Å². The van der Waals surface area contributed by atoms with Gasteiger partial charge < -0.3 is 4.74 Å². The lowest BCUT2D eigenvalue weighted by atomic mass is 9.85. The molecular weight excluding hydrogens is 360 g/mol. The fourth-order valence-corrected chi connectivity index (χ4v) is 7.98. The molecule has 0 spiro atoms. The Morgan fingerprint density at radius 3 is 1.88 bits per heavy atom. The number of fused-ring (bicyclic) bond motifs is 2. The van der Waals surface area contributed by atoms with Crippen molar-refractivity contribution in [3.05, 3.63) is 101 Å². The average Bonchev–Trinajstić information content (AvgIpc) is 2.91. The highest BCUT2D eigenvalue weighted by atomic mass is 32.2. The van der Waals surface area contributed by atoms with Crippen molar-refractivity contribution >= 4 is 22.6 Å². The van der Waals surface area contributed by atoms with Crippen LogP contribution in [0.3, 0.4) is 0 Å². The van der Waals surface area contributed by atoms with Gasteiger partial charge in [-0.05, 0) is 39.9 Å². The summed E-state index contributed by atoms with van der Waals surface area (Å²) in [4.78, 5) is 0. The lowest BCUT2D eigenvalue weighted by Gasteiger charge is -2.28. The van der Waals surface area contributed by atoms with Crippen LogP contribution in [0.1, 0.15) is 42.9 Å². The molecule has 1 aliphatic carbocycles. The highest BCUT2D eigenvalue weighted by molar-refractivity contribution is 8.11. The zero-order chi connectivity index (χ0) is 17.7. The van der Waals surface area contributed by atoms with Gasteiger partial charge in [0, 0.05) is 0 Å². The topological polar surface area (TPSA) is 26.3 Å². The standard InChI is InChI=1S/C22H18O2S2/c1-24-15-12-10-14(11-13-15)22-25-20-16-6-2-4-8-18(16)21(26(22)23)19-9-5-3-7-17(19)20/h2-13,20-22H,1H3. The Labute approximate surface area is 160 Å². The van der Waals surface area contributed by atoms with Crippen LogP contribution in [0.2, 0.25) is 0 Å². The molecule has 26 heavy (non-hydrogen) atoms. The molecule has 0 saturated heterocycles. The van der Waals surface area contributed by atoms with Gasteiger partial charge in [0.15, 0.2) is 0 Å². The Morgan fingerprint density at radius 2 is 1.35 bits per heavy atom. The average molecular weight is 379 g/mol. The zero-order valence-corrected chi connectivity index (χ0v) is 15.9. The predicted molar refractivity (Wildman–Crippen MR) is 108 cm³/mol. The third-order valence-corrected chi connectivity index (χ3v) is 9.08. The third-order valence-electron chi connectivity index (χ3n) is 5.21. The number of hydrogen-bond acceptors (Lipinski definition) is 3. The van der Waals surface area contributed by atoms with E-state index in [0.717, 1.165) is 11.3 Å². The van der Waals surface area contributed by atoms with E-state index in [9.17, 15) is 4.21 Å². The molecule has 2 unspecified atom stereocenters. The lowest BCUT2D eigenvalue weighted by Crippen LogP contribution is -2.16. The molecule has 0 amide bonds. The Bertz CT molecular complexity index is 950. The van der Waals surface area contributed by atoms with Gasteiger partial charge in [-0.2, -0.15) is 0 Å². The molecule has 2 atom stereocenters. The van der Waals surface area contributed by atoms with Gasteiger partial charge in [0.25, 0.3) is 0 Å². The van der Waals surface area contributed by atoms with E-state index >= 15 is 0 Å². The van der Waals surface area contributed by atoms with Crippen molar-refractivity contribution in [2.45, 2.75) is 15.1 Å². The first-order chi connectivity index (χ1) is 12.8. The minimum Gasteiger partial charge on any atom is -0.497 e. The number of hydrogen-bond donors (Lipinski definition) is 0. The number of methoxy groups -OCH3 is 1. The van der Waals surface area contributed by atoms with E-state index in [-0.39, 0.29) is 15.1 Å². The van der Waals surface area contributed by atoms with Gasteiger partial charge in [0.05, 0.1) is 28.4 Å². The van der Waals surface area contributed by atoms with Gasteiger partial charge in [-0.15, -0.1) is 11.8 Å². The fraction of sp³-hybridized carbons (Fsp3) is 0.182. The summed E-state index contributed by atoms with van der Waals surface area (Å²) >= 11 is 1.81. The Hall–Kier alpha value is -2.04. The van der Waals surface area contributed by atoms with E-state index < -0.39 is 10.8 Å². The van der Waals surface area contributed by atoms with Crippen LogP contribution in [-0.2, 0) is 10.8 Å². The summed E-state index contributed by atoms with van der Waals surface area (Å²) in [6.45, 7) is 0. The largest absolute Gasteiger partial charge is 0.497 e. The summed E-state index contributed by atoms with van der Waals surface area (Å²) in [5.74, 6) is 0.827. The SMILES string of the molecule is COc1ccc(C2SC3c4ccccc4C(c4ccccc43)S2=O)cc1. The molecule has 4 heteroatoms. The first-order valence-corrected chi connectivity index (χ1v) is 10.9. The minimum atomic E-state index is -1.05. The summed E-state index contributed by atoms with van der Waals surface area (Å²) < 4.78 is 19.0. The molecule has 0 fully saturated rings. The Balaban J connectivity index is 1.68. The van der Waals surface area contributed by atoms with E-state index in [1.165, 1.54) is 22.3 Å². The Kier molecular flexibility index (Phi) is 3.91. The van der Waals surface area contributed by atoms with Crippen LogP contribution in [0.15, 0.2) is 72.8 Å². The molecule has 0 aromatic heterocycles. The normalized spacial score (nSPS) is 25.9. The maximum absolute atomic E-state index is 13.7. The van der Waals surface area contributed by atoms with E-state index in [1.54, 1.807) is 7.11 Å². The molecule has 2 heterocycles. The van der Waals surface area contributed by atoms with Crippen LogP contribution in [0.4, 0.5) is 0 Å². The van der Waals surface area contributed by atoms with Crippen molar-refractivity contribution < 1.29 is 8.95 Å². The number of ether oxygens (including phenoxy) is 1. The summed E-state index contributed by atoms with van der Waals surface area (Å²) in [5, 5.41) is 0.151. The second-order valence-electron chi connectivity index (χ2n) is 6.59. The maximum Gasteiger partial charge on any atom is 0.118 e. The lowest BCUT2D eigenvalue weighted by molar-refractivity contribution is 0.414. The van der Waals surface area contributed by atoms with E-state index in [4.69, 9.17) is 4.74 Å². The van der Waals surface area contributed by atoms with Gasteiger partial charge in [-0.1, -0.05) is 60.7 Å². The van der Waals surface area contributed by atoms with Crippen LogP contribution < -0.4 is 4.74 Å². The molecule has 0 N–H and O–H groups in total. The van der Waals surface area contributed by atoms with Gasteiger partial charge in [-0.3, -0.25) is 4.21 Å². The van der Waals surface area contributed by atoms with Gasteiger partial charge in [-0.25, -0.2) is 0 Å². The maximum atomic E-state index is 13.7. The summed E-state index contributed by atoms with van der Waals surface area (Å²) in [5.41, 5.74) is 6.16. The minimum absolute atomic E-state index is 0.0595. The second kappa shape index (κ2) is 6.29. The van der Waals surface area contributed by atoms with Crippen molar-refractivity contribution in [2.24, 2.45) is 0 Å². The van der Waals surface area contributed by atoms with Gasteiger partial charge >= 0.3 is 0 Å². The number of rotatable bonds is 2. The molecule has 3 aliphatic rings. The first-order valence-electron chi connectivity index (χ1n) is 8.64. The molecule has 2 aliphatic heterocycles. The first kappa shape index (κ1) is 16.2. The van der Waals surface area contributed by atoms with Crippen LogP contribution in [-0.4, -0.2) is 11.3 Å². The quantitative estimate of drug-likeness (QED) is 0.599. The molecular formula is C22H18O2S2.